The number of anilines is 1. The number of nitrogens with zero attached hydrogens (tertiary/aromatic N) is 4. The summed E-state index contributed by atoms with van der Waals surface area (Å²) in [5.41, 5.74) is 0.955. The molecule has 2 heterocycles. The van der Waals surface area contributed by atoms with Crippen LogP contribution in [0, 0.1) is 5.82 Å². The van der Waals surface area contributed by atoms with Crippen LogP contribution in [0.25, 0.3) is 0 Å². The molecule has 0 aliphatic carbocycles. The number of sulfonamides is 1. The molecule has 2 aromatic carbocycles. The van der Waals surface area contributed by atoms with Gasteiger partial charge in [0, 0.05) is 31.7 Å². The third-order valence-electron chi connectivity index (χ3n) is 5.47. The maximum absolute atomic E-state index is 13.0. The maximum Gasteiger partial charge on any atom is 0.409 e. The Morgan fingerprint density at radius 1 is 1.03 bits per heavy atom. The minimum Gasteiger partial charge on any atom is -0.450 e. The number of carbonyl (C=O) groups excluding carboxylic acids is 2. The van der Waals surface area contributed by atoms with E-state index in [0.29, 0.717) is 0 Å². The molecule has 1 N–H and O–H groups in total. The van der Waals surface area contributed by atoms with Crippen LogP contribution in [-0.2, 0) is 21.2 Å². The van der Waals surface area contributed by atoms with Crippen molar-refractivity contribution in [3.63, 3.8) is 0 Å². The Bertz CT molecular complexity index is 1320. The quantitative estimate of drug-likeness (QED) is 0.505. The molecule has 2 amide bonds. The summed E-state index contributed by atoms with van der Waals surface area (Å²) in [5.74, 6) is -0.673. The molecule has 1 fully saturated rings. The number of hydrogen-bond donors (Lipinski definition) is 1. The van der Waals surface area contributed by atoms with Gasteiger partial charge < -0.3 is 14.1 Å². The van der Waals surface area contributed by atoms with Gasteiger partial charge in [0.15, 0.2) is 0 Å². The number of hydrogen-bond acceptors (Lipinski definition) is 8. The van der Waals surface area contributed by atoms with Gasteiger partial charge in [0.05, 0.1) is 17.9 Å². The van der Waals surface area contributed by atoms with Crippen LogP contribution in [0.5, 0.6) is 0 Å². The van der Waals surface area contributed by atoms with Crippen LogP contribution in [-0.4, -0.2) is 72.6 Å². The van der Waals surface area contributed by atoms with E-state index in [1.807, 2.05) is 0 Å². The lowest BCUT2D eigenvalue weighted by Gasteiger charge is -2.33. The molecule has 11 nitrogen and oxygen atoms in total. The number of halogens is 1. The maximum atomic E-state index is 13.0. The van der Waals surface area contributed by atoms with E-state index >= 15 is 0 Å². The highest BCUT2D eigenvalue weighted by molar-refractivity contribution is 7.89. The fourth-order valence-electron chi connectivity index (χ4n) is 3.57. The summed E-state index contributed by atoms with van der Waals surface area (Å²) in [6, 6.07) is 11.2. The van der Waals surface area contributed by atoms with Crippen molar-refractivity contribution < 1.29 is 31.6 Å². The van der Waals surface area contributed by atoms with Crippen LogP contribution >= 0.6 is 0 Å². The van der Waals surface area contributed by atoms with Crippen LogP contribution in [0.1, 0.15) is 28.7 Å². The molecular weight excluding hydrogens is 493 g/mol. The van der Waals surface area contributed by atoms with Gasteiger partial charge >= 0.3 is 12.1 Å². The molecule has 36 heavy (non-hydrogen) atoms. The van der Waals surface area contributed by atoms with Gasteiger partial charge in [-0.2, -0.15) is 4.31 Å². The monoisotopic (exact) mass is 517 g/mol. The largest absolute Gasteiger partial charge is 0.450 e. The number of nitrogens with one attached hydrogen (secondary N) is 1. The zero-order chi connectivity index (χ0) is 25.7. The summed E-state index contributed by atoms with van der Waals surface area (Å²) < 4.78 is 50.6. The molecule has 1 aliphatic rings. The van der Waals surface area contributed by atoms with E-state index in [2.05, 4.69) is 15.5 Å². The second-order valence-corrected chi connectivity index (χ2v) is 9.81. The molecule has 0 bridgehead atoms. The van der Waals surface area contributed by atoms with Crippen molar-refractivity contribution in [1.29, 1.82) is 0 Å². The number of piperazine rings is 1. The molecule has 0 saturated carbocycles. The van der Waals surface area contributed by atoms with Gasteiger partial charge in [0.25, 0.3) is 5.91 Å². The lowest BCUT2D eigenvalue weighted by Crippen LogP contribution is -2.50. The SMILES string of the molecule is CCOC(=O)N1CCN(S(=O)(=O)c2ccc(C(=O)Nc3nnc(Cc4ccc(F)cc4)o3)cc2)CC1. The summed E-state index contributed by atoms with van der Waals surface area (Å²) >= 11 is 0. The average molecular weight is 518 g/mol. The molecule has 3 aromatic rings. The van der Waals surface area contributed by atoms with E-state index in [4.69, 9.17) is 9.15 Å². The lowest BCUT2D eigenvalue weighted by atomic mass is 10.1. The normalized spacial score (nSPS) is 14.4. The van der Waals surface area contributed by atoms with Crippen molar-refractivity contribution in [3.8, 4) is 0 Å². The van der Waals surface area contributed by atoms with Crippen LogP contribution in [0.4, 0.5) is 15.2 Å². The average Bonchev–Trinajstić information content (AvgIpc) is 3.32. The highest BCUT2D eigenvalue weighted by Crippen LogP contribution is 2.19. The Balaban J connectivity index is 1.35. The zero-order valence-corrected chi connectivity index (χ0v) is 20.2. The van der Waals surface area contributed by atoms with Gasteiger partial charge in [-0.25, -0.2) is 17.6 Å². The van der Waals surface area contributed by atoms with Crippen molar-refractivity contribution in [2.24, 2.45) is 0 Å². The number of amides is 2. The summed E-state index contributed by atoms with van der Waals surface area (Å²) in [6.45, 7) is 2.69. The molecule has 0 unspecified atom stereocenters. The van der Waals surface area contributed by atoms with Crippen molar-refractivity contribution in [2.75, 3.05) is 38.1 Å². The molecule has 4 rings (SSSR count). The number of ether oxygens (including phenoxy) is 1. The Kier molecular flexibility index (Phi) is 7.60. The molecule has 0 atom stereocenters. The Labute approximate surface area is 206 Å². The molecule has 0 radical (unpaired) electrons. The first-order valence-electron chi connectivity index (χ1n) is 11.2. The fraction of sp³-hybridized carbons (Fsp3) is 0.304. The topological polar surface area (TPSA) is 135 Å². The second-order valence-electron chi connectivity index (χ2n) is 7.87. The van der Waals surface area contributed by atoms with Gasteiger partial charge in [-0.05, 0) is 48.9 Å². The molecular formula is C23H24FN5O6S. The Hall–Kier alpha value is -3.84. The molecule has 1 aromatic heterocycles. The van der Waals surface area contributed by atoms with Crippen LogP contribution in [0.3, 0.4) is 0 Å². The lowest BCUT2D eigenvalue weighted by molar-refractivity contribution is 0.0933. The second kappa shape index (κ2) is 10.8. The summed E-state index contributed by atoms with van der Waals surface area (Å²) in [4.78, 5) is 25.9. The number of rotatable bonds is 7. The predicted molar refractivity (Wildman–Crippen MR) is 125 cm³/mol. The van der Waals surface area contributed by atoms with E-state index in [-0.39, 0.29) is 67.4 Å². The van der Waals surface area contributed by atoms with Gasteiger partial charge in [0.2, 0.25) is 15.9 Å². The van der Waals surface area contributed by atoms with Crippen molar-refractivity contribution in [2.45, 2.75) is 18.2 Å². The van der Waals surface area contributed by atoms with Gasteiger partial charge in [-0.15, -0.1) is 5.10 Å². The van der Waals surface area contributed by atoms with Crippen molar-refractivity contribution in [1.82, 2.24) is 19.4 Å². The van der Waals surface area contributed by atoms with Crippen LogP contribution < -0.4 is 5.32 Å². The first-order valence-corrected chi connectivity index (χ1v) is 12.6. The number of benzene rings is 2. The first-order chi connectivity index (χ1) is 17.3. The predicted octanol–water partition coefficient (Wildman–Crippen LogP) is 2.51. The van der Waals surface area contributed by atoms with Gasteiger partial charge in [-0.3, -0.25) is 10.1 Å². The first kappa shape index (κ1) is 25.3. The molecule has 1 aliphatic heterocycles. The third-order valence-corrected chi connectivity index (χ3v) is 7.39. The standard InChI is InChI=1S/C23H24FN5O6S/c1-2-34-23(31)28-11-13-29(14-12-28)36(32,33)19-9-5-17(6-10-19)21(30)25-22-27-26-20(35-22)15-16-3-7-18(24)8-4-16/h3-10H,2,11-15H2,1H3,(H,25,27,30). The highest BCUT2D eigenvalue weighted by Gasteiger charge is 2.30. The third kappa shape index (κ3) is 5.86. The van der Waals surface area contributed by atoms with Crippen LogP contribution in [0.15, 0.2) is 57.8 Å². The Morgan fingerprint density at radius 3 is 2.33 bits per heavy atom. The smallest absolute Gasteiger partial charge is 0.409 e. The highest BCUT2D eigenvalue weighted by atomic mass is 32.2. The Morgan fingerprint density at radius 2 is 1.69 bits per heavy atom. The zero-order valence-electron chi connectivity index (χ0n) is 19.4. The molecule has 0 spiro atoms. The number of aromatic nitrogens is 2. The van der Waals surface area contributed by atoms with E-state index in [0.717, 1.165) is 5.56 Å². The summed E-state index contributed by atoms with van der Waals surface area (Å²) in [5, 5.41) is 10.1. The summed E-state index contributed by atoms with van der Waals surface area (Å²) in [7, 11) is -3.80. The van der Waals surface area contributed by atoms with E-state index in [9.17, 15) is 22.4 Å². The molecule has 190 valence electrons. The van der Waals surface area contributed by atoms with Gasteiger partial charge in [-0.1, -0.05) is 17.2 Å². The summed E-state index contributed by atoms with van der Waals surface area (Å²) in [6.07, 6.45) is -0.197. The van der Waals surface area contributed by atoms with Gasteiger partial charge in [0.1, 0.15) is 5.82 Å². The minimum atomic E-state index is -3.80. The van der Waals surface area contributed by atoms with E-state index < -0.39 is 22.0 Å². The fourth-order valence-corrected chi connectivity index (χ4v) is 5.00. The number of carbonyl (C=O) groups is 2. The molecule has 1 saturated heterocycles. The van der Waals surface area contributed by atoms with Crippen LogP contribution in [0.2, 0.25) is 0 Å². The minimum absolute atomic E-state index is 0.0306. The molecule has 13 heteroatoms. The van der Waals surface area contributed by atoms with Crippen molar-refractivity contribution in [3.05, 3.63) is 71.4 Å². The van der Waals surface area contributed by atoms with Crippen molar-refractivity contribution >= 4 is 28.0 Å². The van der Waals surface area contributed by atoms with E-state index in [1.165, 1.54) is 45.6 Å². The van der Waals surface area contributed by atoms with E-state index in [1.54, 1.807) is 19.1 Å².